The van der Waals surface area contributed by atoms with E-state index in [1.807, 2.05) is 26.0 Å². The molecule has 0 atom stereocenters. The molecular weight excluding hydrogens is 366 g/mol. The number of thiocyanates is 1. The first-order valence-corrected chi connectivity index (χ1v) is 10.4. The molecule has 0 spiro atoms. The fourth-order valence-corrected chi connectivity index (χ4v) is 4.27. The summed E-state index contributed by atoms with van der Waals surface area (Å²) in [5, 5.41) is 23.2. The molecule has 1 aliphatic carbocycles. The van der Waals surface area contributed by atoms with Gasteiger partial charge in [0.05, 0.1) is 5.75 Å². The maximum absolute atomic E-state index is 12.4. The Balaban J connectivity index is 1.64. The van der Waals surface area contributed by atoms with E-state index < -0.39 is 0 Å². The lowest BCUT2D eigenvalue weighted by atomic mass is 10.1. The predicted octanol–water partition coefficient (Wildman–Crippen LogP) is 4.10. The van der Waals surface area contributed by atoms with Crippen LogP contribution in [0.5, 0.6) is 0 Å². The van der Waals surface area contributed by atoms with Crippen molar-refractivity contribution in [2.24, 2.45) is 0 Å². The lowest BCUT2D eigenvalue weighted by Crippen LogP contribution is -2.16. The number of anilines is 1. The lowest BCUT2D eigenvalue weighted by molar-refractivity contribution is -0.113. The van der Waals surface area contributed by atoms with Gasteiger partial charge in [0.1, 0.15) is 11.2 Å². The van der Waals surface area contributed by atoms with Crippen molar-refractivity contribution in [1.29, 1.82) is 5.26 Å². The third kappa shape index (κ3) is 4.22. The number of aryl methyl sites for hydroxylation is 2. The van der Waals surface area contributed by atoms with Crippen LogP contribution < -0.4 is 5.32 Å². The number of nitrogens with one attached hydrogen (secondary N) is 1. The van der Waals surface area contributed by atoms with Gasteiger partial charge in [-0.3, -0.25) is 4.79 Å². The second-order valence-electron chi connectivity index (χ2n) is 6.32. The van der Waals surface area contributed by atoms with Crippen LogP contribution in [0.1, 0.15) is 42.6 Å². The van der Waals surface area contributed by atoms with Gasteiger partial charge >= 0.3 is 0 Å². The topological polar surface area (TPSA) is 83.6 Å². The van der Waals surface area contributed by atoms with Gasteiger partial charge in [-0.2, -0.15) is 5.26 Å². The van der Waals surface area contributed by atoms with Crippen LogP contribution in [0.25, 0.3) is 0 Å². The second-order valence-corrected chi connectivity index (χ2v) is 8.12. The number of carbonyl (C=O) groups is 1. The number of benzene rings is 1. The Morgan fingerprint density at radius 3 is 2.62 bits per heavy atom. The van der Waals surface area contributed by atoms with Crippen LogP contribution in [0, 0.1) is 24.5 Å². The number of amides is 1. The summed E-state index contributed by atoms with van der Waals surface area (Å²) in [6, 6.07) is 3.83. The maximum atomic E-state index is 12.4. The molecule has 1 aromatic carbocycles. The first-order valence-electron chi connectivity index (χ1n) is 8.56. The highest BCUT2D eigenvalue weighted by Crippen LogP contribution is 2.40. The number of carbonyl (C=O) groups excluding carboxylic acids is 1. The minimum atomic E-state index is -0.0690. The summed E-state index contributed by atoms with van der Waals surface area (Å²) in [5.74, 6) is 1.81. The molecule has 1 heterocycles. The summed E-state index contributed by atoms with van der Waals surface area (Å²) in [7, 11) is 0. The van der Waals surface area contributed by atoms with Crippen molar-refractivity contribution in [2.45, 2.75) is 56.1 Å². The molecule has 1 aromatic heterocycles. The van der Waals surface area contributed by atoms with Gasteiger partial charge in [0.15, 0.2) is 5.16 Å². The largest absolute Gasteiger partial charge is 0.325 e. The Labute approximate surface area is 161 Å². The molecule has 1 N–H and O–H groups in total. The Bertz CT molecular complexity index is 844. The predicted molar refractivity (Wildman–Crippen MR) is 104 cm³/mol. The van der Waals surface area contributed by atoms with Crippen molar-refractivity contribution in [3.05, 3.63) is 29.1 Å². The highest BCUT2D eigenvalue weighted by molar-refractivity contribution is 8.03. The van der Waals surface area contributed by atoms with Gasteiger partial charge in [-0.05, 0) is 68.6 Å². The summed E-state index contributed by atoms with van der Waals surface area (Å²) in [4.78, 5) is 13.3. The van der Waals surface area contributed by atoms with Crippen molar-refractivity contribution < 1.29 is 4.79 Å². The first-order chi connectivity index (χ1) is 12.5. The van der Waals surface area contributed by atoms with Gasteiger partial charge in [0, 0.05) is 23.0 Å². The molecule has 6 nitrogen and oxygen atoms in total. The Hall–Kier alpha value is -1.98. The molecule has 0 radical (unpaired) electrons. The number of nitrogens with zero attached hydrogens (tertiary/aromatic N) is 4. The third-order valence-electron chi connectivity index (χ3n) is 4.27. The molecule has 0 unspecified atom stereocenters. The van der Waals surface area contributed by atoms with E-state index in [4.69, 9.17) is 5.26 Å². The van der Waals surface area contributed by atoms with Crippen molar-refractivity contribution in [2.75, 3.05) is 11.1 Å². The van der Waals surface area contributed by atoms with E-state index in [0.29, 0.717) is 5.92 Å². The third-order valence-corrected chi connectivity index (χ3v) is 5.80. The van der Waals surface area contributed by atoms with Crippen LogP contribution in [0.2, 0.25) is 0 Å². The van der Waals surface area contributed by atoms with E-state index in [9.17, 15) is 4.79 Å². The van der Waals surface area contributed by atoms with Gasteiger partial charge in [0.2, 0.25) is 5.91 Å². The average Bonchev–Trinajstić information content (AvgIpc) is 3.36. The fourth-order valence-electron chi connectivity index (χ4n) is 2.89. The number of nitriles is 1. The summed E-state index contributed by atoms with van der Waals surface area (Å²) >= 11 is 2.54. The molecule has 3 rings (SSSR count). The molecule has 1 amide bonds. The van der Waals surface area contributed by atoms with Crippen LogP contribution in [0.3, 0.4) is 0 Å². The van der Waals surface area contributed by atoms with Crippen molar-refractivity contribution >= 4 is 35.1 Å². The quantitative estimate of drug-likeness (QED) is 0.569. The van der Waals surface area contributed by atoms with Gasteiger partial charge in [-0.1, -0.05) is 11.8 Å². The van der Waals surface area contributed by atoms with Crippen LogP contribution in [0.4, 0.5) is 5.69 Å². The number of rotatable bonds is 7. The van der Waals surface area contributed by atoms with E-state index in [2.05, 4.69) is 32.4 Å². The summed E-state index contributed by atoms with van der Waals surface area (Å²) < 4.78 is 2.11. The molecule has 0 saturated heterocycles. The molecular formula is C18H21N5OS2. The molecule has 136 valence electrons. The monoisotopic (exact) mass is 387 g/mol. The normalized spacial score (nSPS) is 13.5. The second kappa shape index (κ2) is 8.14. The molecule has 0 aliphatic heterocycles. The van der Waals surface area contributed by atoms with Crippen molar-refractivity contribution in [3.8, 4) is 5.40 Å². The van der Waals surface area contributed by atoms with Gasteiger partial charge in [-0.15, -0.1) is 10.2 Å². The van der Waals surface area contributed by atoms with Gasteiger partial charge in [0.25, 0.3) is 0 Å². The Morgan fingerprint density at radius 2 is 2.04 bits per heavy atom. The van der Waals surface area contributed by atoms with E-state index in [1.54, 1.807) is 0 Å². The first kappa shape index (κ1) is 18.8. The molecule has 1 saturated carbocycles. The molecule has 0 bridgehead atoms. The maximum Gasteiger partial charge on any atom is 0.234 e. The molecule has 1 fully saturated rings. The minimum Gasteiger partial charge on any atom is -0.325 e. The average molecular weight is 388 g/mol. The SMILES string of the molecule is CCn1c(SCC(=O)Nc2c(C)cc(SC#N)cc2C)nnc1C1CC1. The van der Waals surface area contributed by atoms with Crippen LogP contribution in [0.15, 0.2) is 22.2 Å². The minimum absolute atomic E-state index is 0.0690. The molecule has 2 aromatic rings. The fraction of sp³-hybridized carbons (Fsp3) is 0.444. The van der Waals surface area contributed by atoms with Crippen molar-refractivity contribution in [3.63, 3.8) is 0 Å². The number of aromatic nitrogens is 3. The zero-order valence-electron chi connectivity index (χ0n) is 15.1. The van der Waals surface area contributed by atoms with E-state index in [1.165, 1.54) is 24.6 Å². The molecule has 1 aliphatic rings. The molecule has 8 heteroatoms. The zero-order chi connectivity index (χ0) is 18.7. The molecule has 26 heavy (non-hydrogen) atoms. The zero-order valence-corrected chi connectivity index (χ0v) is 16.7. The highest BCUT2D eigenvalue weighted by atomic mass is 32.2. The smallest absolute Gasteiger partial charge is 0.234 e. The standard InChI is InChI=1S/C18H21N5OS2/c1-4-23-17(13-5-6-13)21-22-18(23)25-9-15(24)20-16-11(2)7-14(26-10-19)8-12(16)3/h7-8,13H,4-6,9H2,1-3H3,(H,20,24). The Kier molecular flexibility index (Phi) is 5.89. The lowest BCUT2D eigenvalue weighted by Gasteiger charge is -2.13. The van der Waals surface area contributed by atoms with Crippen LogP contribution in [-0.4, -0.2) is 26.4 Å². The summed E-state index contributed by atoms with van der Waals surface area (Å²) in [6.45, 7) is 6.77. The number of hydrogen-bond donors (Lipinski definition) is 1. The van der Waals surface area contributed by atoms with E-state index in [-0.39, 0.29) is 11.7 Å². The number of hydrogen-bond acceptors (Lipinski definition) is 6. The highest BCUT2D eigenvalue weighted by Gasteiger charge is 2.30. The summed E-state index contributed by atoms with van der Waals surface area (Å²) in [6.07, 6.45) is 2.36. The summed E-state index contributed by atoms with van der Waals surface area (Å²) in [5.41, 5.74) is 2.72. The van der Waals surface area contributed by atoms with Gasteiger partial charge < -0.3 is 9.88 Å². The van der Waals surface area contributed by atoms with E-state index >= 15 is 0 Å². The number of thioether (sulfide) groups is 2. The van der Waals surface area contributed by atoms with Crippen LogP contribution >= 0.6 is 23.5 Å². The van der Waals surface area contributed by atoms with Crippen molar-refractivity contribution in [1.82, 2.24) is 14.8 Å². The van der Waals surface area contributed by atoms with Crippen LogP contribution in [-0.2, 0) is 11.3 Å². The van der Waals surface area contributed by atoms with Gasteiger partial charge in [-0.25, -0.2) is 0 Å². The Morgan fingerprint density at radius 1 is 1.35 bits per heavy atom. The van der Waals surface area contributed by atoms with E-state index in [0.717, 1.165) is 51.0 Å².